The zero-order chi connectivity index (χ0) is 23.3. The van der Waals surface area contributed by atoms with E-state index in [0.717, 1.165) is 11.4 Å². The standard InChI is InChI=1S/C25H27N3O4S/c1-2-32-24-14-7-6-13-23(24)27-15-17-28(18-16-27)25(29)20-9-8-10-21(19-20)26-33(30,31)22-11-4-3-5-12-22/h3-14,19,26H,2,15-18H2,1H3. The van der Waals surface area contributed by atoms with Crippen molar-refractivity contribution in [1.82, 2.24) is 4.90 Å². The summed E-state index contributed by atoms with van der Waals surface area (Å²) in [5.74, 6) is 0.728. The number of carbonyl (C=O) groups is 1. The fourth-order valence-corrected chi connectivity index (χ4v) is 4.93. The number of nitrogens with zero attached hydrogens (tertiary/aromatic N) is 2. The van der Waals surface area contributed by atoms with E-state index in [-0.39, 0.29) is 10.8 Å². The number of carbonyl (C=O) groups excluding carboxylic acids is 1. The van der Waals surface area contributed by atoms with Crippen LogP contribution < -0.4 is 14.4 Å². The third kappa shape index (κ3) is 5.28. The number of hydrogen-bond acceptors (Lipinski definition) is 5. The van der Waals surface area contributed by atoms with Crippen molar-refractivity contribution in [3.63, 3.8) is 0 Å². The first-order valence-corrected chi connectivity index (χ1v) is 12.4. The van der Waals surface area contributed by atoms with Gasteiger partial charge in [0.2, 0.25) is 0 Å². The van der Waals surface area contributed by atoms with Gasteiger partial charge in [-0.2, -0.15) is 0 Å². The van der Waals surface area contributed by atoms with Crippen LogP contribution in [0.5, 0.6) is 5.75 Å². The van der Waals surface area contributed by atoms with Gasteiger partial charge >= 0.3 is 0 Å². The number of para-hydroxylation sites is 2. The molecule has 172 valence electrons. The molecule has 0 bridgehead atoms. The molecule has 1 fully saturated rings. The van der Waals surface area contributed by atoms with Crippen molar-refractivity contribution >= 4 is 27.3 Å². The Morgan fingerprint density at radius 2 is 1.61 bits per heavy atom. The van der Waals surface area contributed by atoms with E-state index in [1.54, 1.807) is 47.4 Å². The van der Waals surface area contributed by atoms with E-state index in [2.05, 4.69) is 9.62 Å². The molecular weight excluding hydrogens is 438 g/mol. The molecule has 1 saturated heterocycles. The predicted molar refractivity (Wildman–Crippen MR) is 129 cm³/mol. The summed E-state index contributed by atoms with van der Waals surface area (Å²) in [6.07, 6.45) is 0. The van der Waals surface area contributed by atoms with Crippen LogP contribution in [0.25, 0.3) is 0 Å². The fraction of sp³-hybridized carbons (Fsp3) is 0.240. The summed E-state index contributed by atoms with van der Waals surface area (Å²) in [7, 11) is -3.72. The molecule has 1 amide bonds. The number of rotatable bonds is 7. The minimum absolute atomic E-state index is 0.117. The Kier molecular flexibility index (Phi) is 6.84. The quantitative estimate of drug-likeness (QED) is 0.574. The number of benzene rings is 3. The van der Waals surface area contributed by atoms with Gasteiger partial charge in [0, 0.05) is 37.4 Å². The summed E-state index contributed by atoms with van der Waals surface area (Å²) < 4.78 is 33.5. The summed E-state index contributed by atoms with van der Waals surface area (Å²) in [6.45, 7) is 5.08. The van der Waals surface area contributed by atoms with Gasteiger partial charge in [-0.15, -0.1) is 0 Å². The fourth-order valence-electron chi connectivity index (χ4n) is 3.86. The van der Waals surface area contributed by atoms with Gasteiger partial charge in [-0.1, -0.05) is 36.4 Å². The molecule has 33 heavy (non-hydrogen) atoms. The van der Waals surface area contributed by atoms with Crippen LogP contribution in [0.1, 0.15) is 17.3 Å². The molecule has 4 rings (SSSR count). The van der Waals surface area contributed by atoms with Gasteiger partial charge < -0.3 is 14.5 Å². The van der Waals surface area contributed by atoms with Crippen LogP contribution in [0.15, 0.2) is 83.8 Å². The maximum absolute atomic E-state index is 13.1. The molecule has 0 aliphatic carbocycles. The molecule has 0 spiro atoms. The summed E-state index contributed by atoms with van der Waals surface area (Å²) in [5.41, 5.74) is 1.84. The first kappa shape index (κ1) is 22.7. The van der Waals surface area contributed by atoms with Crippen molar-refractivity contribution in [2.24, 2.45) is 0 Å². The van der Waals surface area contributed by atoms with Gasteiger partial charge in [0.25, 0.3) is 15.9 Å². The molecule has 1 N–H and O–H groups in total. The van der Waals surface area contributed by atoms with E-state index >= 15 is 0 Å². The molecule has 0 aromatic heterocycles. The minimum atomic E-state index is -3.72. The van der Waals surface area contributed by atoms with Gasteiger partial charge in [0.1, 0.15) is 5.75 Å². The molecule has 0 unspecified atom stereocenters. The SMILES string of the molecule is CCOc1ccccc1N1CCN(C(=O)c2cccc(NS(=O)(=O)c3ccccc3)c2)CC1. The zero-order valence-corrected chi connectivity index (χ0v) is 19.3. The Labute approximate surface area is 194 Å². The van der Waals surface area contributed by atoms with Gasteiger partial charge in [0.05, 0.1) is 17.2 Å². The number of nitrogens with one attached hydrogen (secondary N) is 1. The van der Waals surface area contributed by atoms with Crippen molar-refractivity contribution in [2.75, 3.05) is 42.4 Å². The molecule has 8 heteroatoms. The van der Waals surface area contributed by atoms with Crippen LogP contribution >= 0.6 is 0 Å². The molecule has 0 saturated carbocycles. The lowest BCUT2D eigenvalue weighted by molar-refractivity contribution is 0.0746. The summed E-state index contributed by atoms with van der Waals surface area (Å²) in [6, 6.07) is 22.7. The first-order chi connectivity index (χ1) is 16.0. The van der Waals surface area contributed by atoms with Crippen LogP contribution in [0, 0.1) is 0 Å². The second kappa shape index (κ2) is 9.95. The van der Waals surface area contributed by atoms with E-state index in [1.165, 1.54) is 12.1 Å². The number of sulfonamides is 1. The monoisotopic (exact) mass is 465 g/mol. The van der Waals surface area contributed by atoms with Crippen molar-refractivity contribution in [2.45, 2.75) is 11.8 Å². The highest BCUT2D eigenvalue weighted by atomic mass is 32.2. The number of anilines is 2. The Hall–Kier alpha value is -3.52. The average molecular weight is 466 g/mol. The highest BCUT2D eigenvalue weighted by Gasteiger charge is 2.24. The third-order valence-electron chi connectivity index (χ3n) is 5.49. The van der Waals surface area contributed by atoms with Crippen LogP contribution in [0.2, 0.25) is 0 Å². The summed E-state index contributed by atoms with van der Waals surface area (Å²) in [5, 5.41) is 0. The highest BCUT2D eigenvalue weighted by molar-refractivity contribution is 7.92. The van der Waals surface area contributed by atoms with E-state index < -0.39 is 10.0 Å². The molecule has 0 atom stereocenters. The third-order valence-corrected chi connectivity index (χ3v) is 6.89. The van der Waals surface area contributed by atoms with Gasteiger partial charge in [-0.05, 0) is 49.4 Å². The van der Waals surface area contributed by atoms with E-state index in [9.17, 15) is 13.2 Å². The van der Waals surface area contributed by atoms with Crippen LogP contribution in [-0.4, -0.2) is 52.0 Å². The van der Waals surface area contributed by atoms with Crippen LogP contribution in [-0.2, 0) is 10.0 Å². The highest BCUT2D eigenvalue weighted by Crippen LogP contribution is 2.29. The zero-order valence-electron chi connectivity index (χ0n) is 18.5. The lowest BCUT2D eigenvalue weighted by Gasteiger charge is -2.36. The maximum atomic E-state index is 13.1. The molecule has 0 radical (unpaired) electrons. The molecule has 1 aliphatic rings. The van der Waals surface area contributed by atoms with Crippen LogP contribution in [0.3, 0.4) is 0 Å². The number of hydrogen-bond donors (Lipinski definition) is 1. The second-order valence-corrected chi connectivity index (χ2v) is 9.36. The summed E-state index contributed by atoms with van der Waals surface area (Å²) >= 11 is 0. The molecule has 7 nitrogen and oxygen atoms in total. The average Bonchev–Trinajstić information content (AvgIpc) is 2.85. The van der Waals surface area contributed by atoms with Gasteiger partial charge in [0.15, 0.2) is 0 Å². The predicted octanol–water partition coefficient (Wildman–Crippen LogP) is 3.85. The van der Waals surface area contributed by atoms with Crippen molar-refractivity contribution in [3.8, 4) is 5.75 Å². The Balaban J connectivity index is 1.43. The van der Waals surface area contributed by atoms with E-state index in [1.807, 2.05) is 31.2 Å². The Bertz CT molecular complexity index is 1210. The van der Waals surface area contributed by atoms with E-state index in [0.29, 0.717) is 44.0 Å². The lowest BCUT2D eigenvalue weighted by Crippen LogP contribution is -2.48. The topological polar surface area (TPSA) is 79.0 Å². The van der Waals surface area contributed by atoms with E-state index in [4.69, 9.17) is 4.74 Å². The maximum Gasteiger partial charge on any atom is 0.261 e. The number of ether oxygens (including phenoxy) is 1. The largest absolute Gasteiger partial charge is 0.492 e. The Morgan fingerprint density at radius 1 is 0.909 bits per heavy atom. The normalized spacial score (nSPS) is 14.1. The molecule has 3 aromatic rings. The number of piperazine rings is 1. The summed E-state index contributed by atoms with van der Waals surface area (Å²) in [4.78, 5) is 17.3. The van der Waals surface area contributed by atoms with Crippen LogP contribution in [0.4, 0.5) is 11.4 Å². The Morgan fingerprint density at radius 3 is 2.33 bits per heavy atom. The van der Waals surface area contributed by atoms with Crippen molar-refractivity contribution in [3.05, 3.63) is 84.4 Å². The molecule has 3 aromatic carbocycles. The molecule has 1 aliphatic heterocycles. The van der Waals surface area contributed by atoms with Crippen molar-refractivity contribution < 1.29 is 17.9 Å². The smallest absolute Gasteiger partial charge is 0.261 e. The van der Waals surface area contributed by atoms with Gasteiger partial charge in [-0.25, -0.2) is 8.42 Å². The minimum Gasteiger partial charge on any atom is -0.492 e. The molecule has 1 heterocycles. The van der Waals surface area contributed by atoms with Crippen molar-refractivity contribution in [1.29, 1.82) is 0 Å². The number of amides is 1. The van der Waals surface area contributed by atoms with Gasteiger partial charge in [-0.3, -0.25) is 9.52 Å². The first-order valence-electron chi connectivity index (χ1n) is 10.9. The lowest BCUT2D eigenvalue weighted by atomic mass is 10.1. The molecular formula is C25H27N3O4S. The second-order valence-electron chi connectivity index (χ2n) is 7.68.